The molecule has 2 unspecified atom stereocenters. The summed E-state index contributed by atoms with van der Waals surface area (Å²) in [6, 6.07) is 0.229. The van der Waals surface area contributed by atoms with Gasteiger partial charge < -0.3 is 5.73 Å². The average molecular weight is 167 g/mol. The van der Waals surface area contributed by atoms with Crippen LogP contribution >= 0.6 is 0 Å². The molecule has 0 radical (unpaired) electrons. The van der Waals surface area contributed by atoms with Gasteiger partial charge in [-0.05, 0) is 38.5 Å². The highest BCUT2D eigenvalue weighted by Gasteiger charge is 2.22. The number of hydrogen-bond donors (Lipinski definition) is 1. The van der Waals surface area contributed by atoms with Gasteiger partial charge in [-0.15, -0.1) is 0 Å². The molecule has 1 saturated carbocycles. The minimum atomic E-state index is 0.229. The molecule has 2 N–H and O–H groups in total. The van der Waals surface area contributed by atoms with E-state index in [-0.39, 0.29) is 6.04 Å². The van der Waals surface area contributed by atoms with E-state index in [1.165, 1.54) is 24.8 Å². The molecule has 0 aromatic rings. The van der Waals surface area contributed by atoms with Gasteiger partial charge in [0.05, 0.1) is 0 Å². The Bertz CT molecular complexity index is 166. The summed E-state index contributed by atoms with van der Waals surface area (Å²) in [6.45, 7) is 6.51. The van der Waals surface area contributed by atoms with Crippen LogP contribution in [0.5, 0.6) is 0 Å². The second-order valence-corrected chi connectivity index (χ2v) is 4.25. The van der Waals surface area contributed by atoms with E-state index in [0.717, 1.165) is 11.8 Å². The minimum Gasteiger partial charge on any atom is -0.324 e. The van der Waals surface area contributed by atoms with Crippen LogP contribution in [0.2, 0.25) is 0 Å². The van der Waals surface area contributed by atoms with Crippen molar-refractivity contribution >= 4 is 0 Å². The molecule has 0 bridgehead atoms. The van der Waals surface area contributed by atoms with Crippen molar-refractivity contribution in [2.24, 2.45) is 17.6 Å². The fourth-order valence-electron chi connectivity index (χ4n) is 1.67. The van der Waals surface area contributed by atoms with Crippen molar-refractivity contribution in [3.05, 3.63) is 11.6 Å². The summed E-state index contributed by atoms with van der Waals surface area (Å²) in [6.07, 6.45) is 6.63. The zero-order valence-corrected chi connectivity index (χ0v) is 8.51. The minimum absolute atomic E-state index is 0.229. The zero-order valence-electron chi connectivity index (χ0n) is 8.51. The molecule has 1 aliphatic rings. The lowest BCUT2D eigenvalue weighted by molar-refractivity contribution is 0.254. The van der Waals surface area contributed by atoms with Gasteiger partial charge in [0.1, 0.15) is 0 Å². The molecule has 0 spiro atoms. The van der Waals surface area contributed by atoms with E-state index in [9.17, 15) is 0 Å². The SMILES string of the molecule is C/C(=C\C(C)C1CCC1)C(C)N. The first-order valence-electron chi connectivity index (χ1n) is 5.05. The maximum atomic E-state index is 5.78. The summed E-state index contributed by atoms with van der Waals surface area (Å²) >= 11 is 0. The molecule has 0 aromatic heterocycles. The third-order valence-electron chi connectivity index (χ3n) is 3.14. The van der Waals surface area contributed by atoms with Crippen LogP contribution in [0.4, 0.5) is 0 Å². The molecule has 12 heavy (non-hydrogen) atoms. The van der Waals surface area contributed by atoms with Crippen LogP contribution in [0.1, 0.15) is 40.0 Å². The Hall–Kier alpha value is -0.300. The van der Waals surface area contributed by atoms with Gasteiger partial charge in [0.15, 0.2) is 0 Å². The molecular weight excluding hydrogens is 146 g/mol. The van der Waals surface area contributed by atoms with Crippen LogP contribution in [0, 0.1) is 11.8 Å². The lowest BCUT2D eigenvalue weighted by atomic mass is 9.76. The standard InChI is InChI=1S/C11H21N/c1-8(10(3)12)7-9(2)11-5-4-6-11/h7,9-11H,4-6,12H2,1-3H3/b8-7+. The van der Waals surface area contributed by atoms with Crippen LogP contribution in [-0.4, -0.2) is 6.04 Å². The molecule has 1 rings (SSSR count). The second kappa shape index (κ2) is 4.08. The van der Waals surface area contributed by atoms with Gasteiger partial charge in [-0.1, -0.05) is 25.0 Å². The van der Waals surface area contributed by atoms with Crippen molar-refractivity contribution in [1.82, 2.24) is 0 Å². The Balaban J connectivity index is 2.41. The van der Waals surface area contributed by atoms with Crippen molar-refractivity contribution in [2.75, 3.05) is 0 Å². The van der Waals surface area contributed by atoms with Crippen LogP contribution in [-0.2, 0) is 0 Å². The van der Waals surface area contributed by atoms with Crippen molar-refractivity contribution in [2.45, 2.75) is 46.1 Å². The first-order chi connectivity index (χ1) is 5.61. The normalized spacial score (nSPS) is 24.8. The van der Waals surface area contributed by atoms with Gasteiger partial charge in [-0.2, -0.15) is 0 Å². The molecule has 1 heteroatoms. The molecule has 2 atom stereocenters. The van der Waals surface area contributed by atoms with E-state index in [4.69, 9.17) is 5.73 Å². The fraction of sp³-hybridized carbons (Fsp3) is 0.818. The molecule has 1 fully saturated rings. The van der Waals surface area contributed by atoms with Crippen molar-refractivity contribution in [3.63, 3.8) is 0 Å². The Morgan fingerprint density at radius 2 is 2.00 bits per heavy atom. The molecule has 0 aliphatic heterocycles. The predicted octanol–water partition coefficient (Wildman–Crippen LogP) is 2.72. The van der Waals surface area contributed by atoms with E-state index < -0.39 is 0 Å². The number of nitrogens with two attached hydrogens (primary N) is 1. The van der Waals surface area contributed by atoms with E-state index in [0.29, 0.717) is 0 Å². The Morgan fingerprint density at radius 1 is 1.42 bits per heavy atom. The van der Waals surface area contributed by atoms with Gasteiger partial charge in [-0.25, -0.2) is 0 Å². The molecule has 70 valence electrons. The summed E-state index contributed by atoms with van der Waals surface area (Å²) < 4.78 is 0. The summed E-state index contributed by atoms with van der Waals surface area (Å²) in [7, 11) is 0. The van der Waals surface area contributed by atoms with E-state index in [1.54, 1.807) is 0 Å². The molecule has 0 aromatic carbocycles. The summed E-state index contributed by atoms with van der Waals surface area (Å²) in [5.41, 5.74) is 7.12. The van der Waals surface area contributed by atoms with Crippen LogP contribution in [0.3, 0.4) is 0 Å². The molecule has 0 heterocycles. The van der Waals surface area contributed by atoms with Gasteiger partial charge in [0.25, 0.3) is 0 Å². The Labute approximate surface area is 76.0 Å². The topological polar surface area (TPSA) is 26.0 Å². The second-order valence-electron chi connectivity index (χ2n) is 4.25. The summed E-state index contributed by atoms with van der Waals surface area (Å²) in [5, 5.41) is 0. The largest absolute Gasteiger partial charge is 0.324 e. The van der Waals surface area contributed by atoms with Gasteiger partial charge in [0, 0.05) is 6.04 Å². The molecular formula is C11H21N. The smallest absolute Gasteiger partial charge is 0.0222 e. The summed E-state index contributed by atoms with van der Waals surface area (Å²) in [5.74, 6) is 1.68. The van der Waals surface area contributed by atoms with Gasteiger partial charge in [-0.3, -0.25) is 0 Å². The highest BCUT2D eigenvalue weighted by atomic mass is 14.6. The van der Waals surface area contributed by atoms with E-state index >= 15 is 0 Å². The van der Waals surface area contributed by atoms with Crippen LogP contribution in [0.15, 0.2) is 11.6 Å². The molecule has 1 nitrogen and oxygen atoms in total. The first-order valence-corrected chi connectivity index (χ1v) is 5.05. The van der Waals surface area contributed by atoms with Gasteiger partial charge in [0.2, 0.25) is 0 Å². The molecule has 0 saturated heterocycles. The maximum Gasteiger partial charge on any atom is 0.0222 e. The highest BCUT2D eigenvalue weighted by Crippen LogP contribution is 2.34. The maximum absolute atomic E-state index is 5.78. The number of rotatable bonds is 3. The predicted molar refractivity (Wildman–Crippen MR) is 53.9 cm³/mol. The lowest BCUT2D eigenvalue weighted by Crippen LogP contribution is -2.21. The Kier molecular flexibility index (Phi) is 3.33. The number of allylic oxidation sites excluding steroid dienone is 1. The monoisotopic (exact) mass is 167 g/mol. The van der Waals surface area contributed by atoms with E-state index in [1.807, 2.05) is 0 Å². The van der Waals surface area contributed by atoms with Crippen molar-refractivity contribution in [3.8, 4) is 0 Å². The first kappa shape index (κ1) is 9.79. The third kappa shape index (κ3) is 2.34. The lowest BCUT2D eigenvalue weighted by Gasteiger charge is -2.30. The highest BCUT2D eigenvalue weighted by molar-refractivity contribution is 5.07. The fourth-order valence-corrected chi connectivity index (χ4v) is 1.67. The number of hydrogen-bond acceptors (Lipinski definition) is 1. The zero-order chi connectivity index (χ0) is 9.14. The summed E-state index contributed by atoms with van der Waals surface area (Å²) in [4.78, 5) is 0. The Morgan fingerprint density at radius 3 is 2.33 bits per heavy atom. The van der Waals surface area contributed by atoms with Crippen LogP contribution in [0.25, 0.3) is 0 Å². The van der Waals surface area contributed by atoms with Crippen LogP contribution < -0.4 is 5.73 Å². The van der Waals surface area contributed by atoms with Gasteiger partial charge >= 0.3 is 0 Å². The molecule has 0 amide bonds. The van der Waals surface area contributed by atoms with Crippen molar-refractivity contribution in [1.29, 1.82) is 0 Å². The molecule has 1 aliphatic carbocycles. The van der Waals surface area contributed by atoms with Crippen molar-refractivity contribution < 1.29 is 0 Å². The van der Waals surface area contributed by atoms with E-state index in [2.05, 4.69) is 26.8 Å². The average Bonchev–Trinajstić information content (AvgIpc) is 1.82. The third-order valence-corrected chi connectivity index (χ3v) is 3.14. The quantitative estimate of drug-likeness (QED) is 0.643.